The summed E-state index contributed by atoms with van der Waals surface area (Å²) in [5.41, 5.74) is 1.06. The van der Waals surface area contributed by atoms with Gasteiger partial charge in [0.05, 0.1) is 6.07 Å². The van der Waals surface area contributed by atoms with E-state index in [-0.39, 0.29) is 12.5 Å². The SMILES string of the molecule is CCc1ccccc1OCC(=O)N[C@@H](C)C#N. The summed E-state index contributed by atoms with van der Waals surface area (Å²) in [6.07, 6.45) is 0.854. The van der Waals surface area contributed by atoms with E-state index in [1.807, 2.05) is 37.3 Å². The molecule has 1 amide bonds. The van der Waals surface area contributed by atoms with Crippen LogP contribution in [0.2, 0.25) is 0 Å². The first-order chi connectivity index (χ1) is 8.17. The number of nitriles is 1. The van der Waals surface area contributed by atoms with Gasteiger partial charge in [0, 0.05) is 0 Å². The van der Waals surface area contributed by atoms with Gasteiger partial charge in [-0.1, -0.05) is 25.1 Å². The molecule has 0 aliphatic rings. The lowest BCUT2D eigenvalue weighted by molar-refractivity contribution is -0.123. The van der Waals surface area contributed by atoms with Crippen LogP contribution in [0.15, 0.2) is 24.3 Å². The van der Waals surface area contributed by atoms with Gasteiger partial charge in [-0.3, -0.25) is 4.79 Å². The number of hydrogen-bond donors (Lipinski definition) is 1. The van der Waals surface area contributed by atoms with Crippen LogP contribution < -0.4 is 10.1 Å². The molecule has 1 N–H and O–H groups in total. The van der Waals surface area contributed by atoms with Crippen molar-refractivity contribution < 1.29 is 9.53 Å². The van der Waals surface area contributed by atoms with Gasteiger partial charge in [0.25, 0.3) is 5.91 Å². The summed E-state index contributed by atoms with van der Waals surface area (Å²) in [6.45, 7) is 3.58. The van der Waals surface area contributed by atoms with Gasteiger partial charge in [-0.25, -0.2) is 0 Å². The molecule has 0 aliphatic carbocycles. The molecule has 1 atom stereocenters. The Morgan fingerprint density at radius 3 is 2.88 bits per heavy atom. The molecule has 0 radical (unpaired) electrons. The highest BCUT2D eigenvalue weighted by Gasteiger charge is 2.08. The van der Waals surface area contributed by atoms with Gasteiger partial charge in [0.2, 0.25) is 0 Å². The molecular weight excluding hydrogens is 216 g/mol. The van der Waals surface area contributed by atoms with Gasteiger partial charge >= 0.3 is 0 Å². The van der Waals surface area contributed by atoms with E-state index in [1.54, 1.807) is 6.92 Å². The molecule has 1 rings (SSSR count). The van der Waals surface area contributed by atoms with Crippen molar-refractivity contribution >= 4 is 5.91 Å². The Kier molecular flexibility index (Phi) is 5.02. The number of rotatable bonds is 5. The molecule has 0 heterocycles. The smallest absolute Gasteiger partial charge is 0.258 e. The van der Waals surface area contributed by atoms with Crippen molar-refractivity contribution in [2.75, 3.05) is 6.61 Å². The van der Waals surface area contributed by atoms with Crippen LogP contribution in [0.4, 0.5) is 0 Å². The van der Waals surface area contributed by atoms with Crippen molar-refractivity contribution in [3.05, 3.63) is 29.8 Å². The van der Waals surface area contributed by atoms with Gasteiger partial charge in [0.15, 0.2) is 6.61 Å². The summed E-state index contributed by atoms with van der Waals surface area (Å²) < 4.78 is 5.41. The van der Waals surface area contributed by atoms with E-state index in [0.717, 1.165) is 17.7 Å². The fourth-order valence-corrected chi connectivity index (χ4v) is 1.40. The van der Waals surface area contributed by atoms with Crippen molar-refractivity contribution in [1.29, 1.82) is 5.26 Å². The second-order valence-electron chi connectivity index (χ2n) is 3.67. The Balaban J connectivity index is 2.50. The Labute approximate surface area is 101 Å². The summed E-state index contributed by atoms with van der Waals surface area (Å²) in [5.74, 6) is 0.430. The lowest BCUT2D eigenvalue weighted by Crippen LogP contribution is -2.35. The molecule has 0 bridgehead atoms. The number of nitrogens with one attached hydrogen (secondary N) is 1. The van der Waals surface area contributed by atoms with Crippen molar-refractivity contribution in [2.24, 2.45) is 0 Å². The monoisotopic (exact) mass is 232 g/mol. The van der Waals surface area contributed by atoms with E-state index >= 15 is 0 Å². The zero-order chi connectivity index (χ0) is 12.7. The number of carbonyl (C=O) groups is 1. The zero-order valence-corrected chi connectivity index (χ0v) is 10.1. The van der Waals surface area contributed by atoms with Gasteiger partial charge in [-0.05, 0) is 25.0 Å². The summed E-state index contributed by atoms with van der Waals surface area (Å²) in [5, 5.41) is 11.1. The molecule has 0 fully saturated rings. The maximum atomic E-state index is 11.4. The van der Waals surface area contributed by atoms with Gasteiger partial charge in [-0.2, -0.15) is 5.26 Å². The summed E-state index contributed by atoms with van der Waals surface area (Å²) in [6, 6.07) is 9.03. The van der Waals surface area contributed by atoms with Crippen LogP contribution in [0.3, 0.4) is 0 Å². The van der Waals surface area contributed by atoms with Gasteiger partial charge in [-0.15, -0.1) is 0 Å². The fraction of sp³-hybridized carbons (Fsp3) is 0.385. The highest BCUT2D eigenvalue weighted by molar-refractivity contribution is 5.78. The third-order valence-corrected chi connectivity index (χ3v) is 2.28. The van der Waals surface area contributed by atoms with Gasteiger partial charge in [0.1, 0.15) is 11.8 Å². The summed E-state index contributed by atoms with van der Waals surface area (Å²) >= 11 is 0. The molecular formula is C13H16N2O2. The third-order valence-electron chi connectivity index (χ3n) is 2.28. The van der Waals surface area contributed by atoms with Crippen molar-refractivity contribution in [3.63, 3.8) is 0 Å². The van der Waals surface area contributed by atoms with Crippen molar-refractivity contribution in [3.8, 4) is 11.8 Å². The molecule has 0 unspecified atom stereocenters. The number of nitrogens with zero attached hydrogens (tertiary/aromatic N) is 1. The highest BCUT2D eigenvalue weighted by atomic mass is 16.5. The average Bonchev–Trinajstić information content (AvgIpc) is 2.36. The molecule has 4 heteroatoms. The number of hydrogen-bond acceptors (Lipinski definition) is 3. The number of benzene rings is 1. The molecule has 1 aromatic carbocycles. The minimum absolute atomic E-state index is 0.0664. The number of carbonyl (C=O) groups excluding carboxylic acids is 1. The minimum atomic E-state index is -0.493. The molecule has 0 saturated heterocycles. The minimum Gasteiger partial charge on any atom is -0.483 e. The number of para-hydroxylation sites is 1. The van der Waals surface area contributed by atoms with E-state index in [0.29, 0.717) is 0 Å². The normalized spacial score (nSPS) is 11.4. The second-order valence-corrected chi connectivity index (χ2v) is 3.67. The van der Waals surface area contributed by atoms with E-state index < -0.39 is 6.04 Å². The molecule has 0 aliphatic heterocycles. The zero-order valence-electron chi connectivity index (χ0n) is 10.1. The maximum Gasteiger partial charge on any atom is 0.258 e. The van der Waals surface area contributed by atoms with E-state index in [4.69, 9.17) is 10.00 Å². The molecule has 90 valence electrons. The van der Waals surface area contributed by atoms with E-state index in [2.05, 4.69) is 5.32 Å². The van der Waals surface area contributed by atoms with Crippen molar-refractivity contribution in [1.82, 2.24) is 5.32 Å². The lowest BCUT2D eigenvalue weighted by atomic mass is 10.1. The van der Waals surface area contributed by atoms with E-state index in [9.17, 15) is 4.79 Å². The highest BCUT2D eigenvalue weighted by Crippen LogP contribution is 2.17. The third kappa shape index (κ3) is 4.15. The first kappa shape index (κ1) is 13.0. The first-order valence-corrected chi connectivity index (χ1v) is 5.57. The maximum absolute atomic E-state index is 11.4. The lowest BCUT2D eigenvalue weighted by Gasteiger charge is -2.11. The standard InChI is InChI=1S/C13H16N2O2/c1-3-11-6-4-5-7-12(11)17-9-13(16)15-10(2)8-14/h4-7,10H,3,9H2,1-2H3,(H,15,16)/t10-/m0/s1. The largest absolute Gasteiger partial charge is 0.483 e. The van der Waals surface area contributed by atoms with Gasteiger partial charge < -0.3 is 10.1 Å². The Bertz CT molecular complexity index is 424. The number of ether oxygens (including phenoxy) is 1. The van der Waals surface area contributed by atoms with Crippen LogP contribution in [0.25, 0.3) is 0 Å². The summed E-state index contributed by atoms with van der Waals surface area (Å²) in [4.78, 5) is 11.4. The Morgan fingerprint density at radius 1 is 1.53 bits per heavy atom. The fourth-order valence-electron chi connectivity index (χ4n) is 1.40. The second kappa shape index (κ2) is 6.54. The molecule has 0 spiro atoms. The Morgan fingerprint density at radius 2 is 2.24 bits per heavy atom. The molecule has 0 aromatic heterocycles. The van der Waals surface area contributed by atoms with Crippen LogP contribution >= 0.6 is 0 Å². The van der Waals surface area contributed by atoms with Crippen molar-refractivity contribution in [2.45, 2.75) is 26.3 Å². The topological polar surface area (TPSA) is 62.1 Å². The molecule has 0 saturated carbocycles. The van der Waals surface area contributed by atoms with E-state index in [1.165, 1.54) is 0 Å². The number of aryl methyl sites for hydroxylation is 1. The summed E-state index contributed by atoms with van der Waals surface area (Å²) in [7, 11) is 0. The predicted molar refractivity (Wildman–Crippen MR) is 64.5 cm³/mol. The predicted octanol–water partition coefficient (Wildman–Crippen LogP) is 1.66. The van der Waals surface area contributed by atoms with Crippen LogP contribution in [-0.4, -0.2) is 18.6 Å². The average molecular weight is 232 g/mol. The molecule has 1 aromatic rings. The van der Waals surface area contributed by atoms with Crippen LogP contribution in [-0.2, 0) is 11.2 Å². The van der Waals surface area contributed by atoms with Crippen LogP contribution in [0, 0.1) is 11.3 Å². The number of amides is 1. The molecule has 4 nitrogen and oxygen atoms in total. The van der Waals surface area contributed by atoms with Crippen LogP contribution in [0.1, 0.15) is 19.4 Å². The first-order valence-electron chi connectivity index (χ1n) is 5.57. The molecule has 17 heavy (non-hydrogen) atoms. The Hall–Kier alpha value is -2.02. The van der Waals surface area contributed by atoms with Crippen LogP contribution in [0.5, 0.6) is 5.75 Å². The quantitative estimate of drug-likeness (QED) is 0.839.